The molecular weight excluding hydrogens is 230 g/mol. The number of allylic oxidation sites excluding steroid dienone is 1. The fourth-order valence-corrected chi connectivity index (χ4v) is 1.98. The highest BCUT2D eigenvalue weighted by Crippen LogP contribution is 2.22. The van der Waals surface area contributed by atoms with Crippen molar-refractivity contribution in [3.8, 4) is 0 Å². The van der Waals surface area contributed by atoms with E-state index < -0.39 is 5.60 Å². The number of hydrogen-bond donors (Lipinski definition) is 1. The van der Waals surface area contributed by atoms with Crippen molar-refractivity contribution in [3.05, 3.63) is 12.2 Å². The average molecular weight is 255 g/mol. The second-order valence-corrected chi connectivity index (χ2v) is 5.68. The Balaban J connectivity index is 2.23. The van der Waals surface area contributed by atoms with E-state index in [9.17, 15) is 4.79 Å². The Morgan fingerprint density at radius 1 is 1.39 bits per heavy atom. The zero-order valence-electron chi connectivity index (χ0n) is 11.9. The second-order valence-electron chi connectivity index (χ2n) is 5.68. The summed E-state index contributed by atoms with van der Waals surface area (Å²) in [5.41, 5.74) is -0.440. The van der Waals surface area contributed by atoms with Crippen LogP contribution in [-0.4, -0.2) is 30.4 Å². The van der Waals surface area contributed by atoms with Gasteiger partial charge in [-0.05, 0) is 47.0 Å². The van der Waals surface area contributed by atoms with Gasteiger partial charge in [0.1, 0.15) is 5.60 Å². The van der Waals surface area contributed by atoms with Crippen LogP contribution in [0.4, 0.5) is 4.79 Å². The van der Waals surface area contributed by atoms with E-state index in [1.54, 1.807) is 0 Å². The maximum absolute atomic E-state index is 11.6. The summed E-state index contributed by atoms with van der Waals surface area (Å²) in [6, 6.07) is 0.176. The summed E-state index contributed by atoms with van der Waals surface area (Å²) < 4.78 is 10.9. The third-order valence-electron chi connectivity index (χ3n) is 2.77. The predicted octanol–water partition coefficient (Wildman–Crippen LogP) is 3.02. The first-order valence-corrected chi connectivity index (χ1v) is 6.63. The second kappa shape index (κ2) is 6.78. The van der Waals surface area contributed by atoms with Gasteiger partial charge in [0.05, 0.1) is 12.7 Å². The van der Waals surface area contributed by atoms with E-state index in [0.29, 0.717) is 6.61 Å². The minimum atomic E-state index is -0.440. The highest BCUT2D eigenvalue weighted by atomic mass is 16.6. The number of alkyl carbamates (subject to hydrolysis) is 1. The molecule has 0 heterocycles. The largest absolute Gasteiger partial charge is 0.444 e. The number of rotatable bonds is 4. The van der Waals surface area contributed by atoms with Gasteiger partial charge in [0, 0.05) is 6.04 Å². The lowest BCUT2D eigenvalue weighted by atomic mass is 10.2. The van der Waals surface area contributed by atoms with Gasteiger partial charge in [-0.25, -0.2) is 4.79 Å². The highest BCUT2D eigenvalue weighted by Gasteiger charge is 2.27. The Morgan fingerprint density at radius 2 is 2.11 bits per heavy atom. The lowest BCUT2D eigenvalue weighted by Crippen LogP contribution is -2.38. The van der Waals surface area contributed by atoms with Gasteiger partial charge in [0.2, 0.25) is 0 Å². The van der Waals surface area contributed by atoms with Crippen molar-refractivity contribution in [2.24, 2.45) is 0 Å². The lowest BCUT2D eigenvalue weighted by Gasteiger charge is -2.21. The summed E-state index contributed by atoms with van der Waals surface area (Å²) in [4.78, 5) is 11.6. The van der Waals surface area contributed by atoms with E-state index >= 15 is 0 Å². The molecule has 1 rings (SSSR count). The first kappa shape index (κ1) is 15.0. The van der Waals surface area contributed by atoms with E-state index in [0.717, 1.165) is 19.3 Å². The van der Waals surface area contributed by atoms with E-state index in [2.05, 4.69) is 5.32 Å². The van der Waals surface area contributed by atoms with Crippen molar-refractivity contribution in [1.82, 2.24) is 5.32 Å². The smallest absolute Gasteiger partial charge is 0.407 e. The number of ether oxygens (including phenoxy) is 2. The first-order valence-electron chi connectivity index (χ1n) is 6.63. The molecule has 1 saturated carbocycles. The minimum Gasteiger partial charge on any atom is -0.444 e. The molecule has 0 aliphatic heterocycles. The van der Waals surface area contributed by atoms with Crippen molar-refractivity contribution in [2.75, 3.05) is 6.61 Å². The molecule has 0 aromatic rings. The van der Waals surface area contributed by atoms with E-state index in [1.165, 1.54) is 0 Å². The van der Waals surface area contributed by atoms with Crippen molar-refractivity contribution in [2.45, 2.75) is 64.7 Å². The molecular formula is C14H25NO3. The van der Waals surface area contributed by atoms with Gasteiger partial charge in [0.25, 0.3) is 0 Å². The van der Waals surface area contributed by atoms with Crippen molar-refractivity contribution in [3.63, 3.8) is 0 Å². The molecule has 0 radical (unpaired) electrons. The summed E-state index contributed by atoms with van der Waals surface area (Å²) in [6.45, 7) is 8.23. The van der Waals surface area contributed by atoms with Crippen LogP contribution in [0.5, 0.6) is 0 Å². The van der Waals surface area contributed by atoms with Crippen molar-refractivity contribution in [1.29, 1.82) is 0 Å². The summed E-state index contributed by atoms with van der Waals surface area (Å²) in [5.74, 6) is 0. The Hall–Kier alpha value is -1.03. The zero-order chi connectivity index (χ0) is 13.6. The lowest BCUT2D eigenvalue weighted by molar-refractivity contribution is 0.0490. The molecule has 2 atom stereocenters. The number of carbonyl (C=O) groups excluding carboxylic acids is 1. The van der Waals surface area contributed by atoms with Crippen molar-refractivity contribution >= 4 is 6.09 Å². The van der Waals surface area contributed by atoms with Crippen LogP contribution < -0.4 is 5.32 Å². The van der Waals surface area contributed by atoms with E-state index in [1.807, 2.05) is 39.8 Å². The first-order chi connectivity index (χ1) is 8.40. The van der Waals surface area contributed by atoms with Crippen LogP contribution in [0.2, 0.25) is 0 Å². The van der Waals surface area contributed by atoms with Crippen LogP contribution in [0.15, 0.2) is 12.2 Å². The predicted molar refractivity (Wildman–Crippen MR) is 71.6 cm³/mol. The molecule has 1 aliphatic carbocycles. The highest BCUT2D eigenvalue weighted by molar-refractivity contribution is 5.68. The summed E-state index contributed by atoms with van der Waals surface area (Å²) >= 11 is 0. The van der Waals surface area contributed by atoms with Crippen LogP contribution in [0.3, 0.4) is 0 Å². The maximum atomic E-state index is 11.6. The van der Waals surface area contributed by atoms with Crippen molar-refractivity contribution < 1.29 is 14.3 Å². The summed E-state index contributed by atoms with van der Waals surface area (Å²) in [5, 5.41) is 2.90. The third-order valence-corrected chi connectivity index (χ3v) is 2.77. The van der Waals surface area contributed by atoms with E-state index in [4.69, 9.17) is 9.47 Å². The van der Waals surface area contributed by atoms with Crippen LogP contribution in [-0.2, 0) is 9.47 Å². The van der Waals surface area contributed by atoms with Gasteiger partial charge in [-0.15, -0.1) is 0 Å². The minimum absolute atomic E-state index is 0.176. The van der Waals surface area contributed by atoms with E-state index in [-0.39, 0.29) is 18.2 Å². The molecule has 1 amide bonds. The summed E-state index contributed by atoms with van der Waals surface area (Å²) in [7, 11) is 0. The SMILES string of the molecule is CC=CCO[C@@H]1CC[C@H](NC(=O)OC(C)(C)C)C1. The standard InChI is InChI=1S/C14H25NO3/c1-5-6-9-17-12-8-7-11(10-12)15-13(16)18-14(2,3)4/h5-6,11-12H,7-10H2,1-4H3,(H,15,16)/t11-,12+/m0/s1. The fraction of sp³-hybridized carbons (Fsp3) is 0.786. The van der Waals surface area contributed by atoms with Gasteiger partial charge >= 0.3 is 6.09 Å². The topological polar surface area (TPSA) is 47.6 Å². The maximum Gasteiger partial charge on any atom is 0.407 e. The van der Waals surface area contributed by atoms with Gasteiger partial charge < -0.3 is 14.8 Å². The van der Waals surface area contributed by atoms with Crippen LogP contribution in [0.1, 0.15) is 47.0 Å². The molecule has 18 heavy (non-hydrogen) atoms. The third kappa shape index (κ3) is 6.05. The Morgan fingerprint density at radius 3 is 2.72 bits per heavy atom. The summed E-state index contributed by atoms with van der Waals surface area (Å²) in [6.07, 6.45) is 6.72. The molecule has 4 nitrogen and oxygen atoms in total. The molecule has 104 valence electrons. The zero-order valence-corrected chi connectivity index (χ0v) is 11.9. The normalized spacial score (nSPS) is 24.4. The molecule has 0 aromatic heterocycles. The number of amides is 1. The molecule has 0 bridgehead atoms. The molecule has 1 aliphatic rings. The van der Waals surface area contributed by atoms with Crippen LogP contribution >= 0.6 is 0 Å². The van der Waals surface area contributed by atoms with Gasteiger partial charge in [-0.3, -0.25) is 0 Å². The molecule has 0 unspecified atom stereocenters. The average Bonchev–Trinajstić information content (AvgIpc) is 2.63. The van der Waals surface area contributed by atoms with Crippen LogP contribution in [0, 0.1) is 0 Å². The molecule has 0 saturated heterocycles. The quantitative estimate of drug-likeness (QED) is 0.785. The Labute approximate surface area is 110 Å². The molecule has 4 heteroatoms. The van der Waals surface area contributed by atoms with Crippen LogP contribution in [0.25, 0.3) is 0 Å². The Bertz CT molecular complexity index is 294. The monoisotopic (exact) mass is 255 g/mol. The number of carbonyl (C=O) groups is 1. The molecule has 0 spiro atoms. The molecule has 1 fully saturated rings. The van der Waals surface area contributed by atoms with Gasteiger partial charge in [0.15, 0.2) is 0 Å². The number of hydrogen-bond acceptors (Lipinski definition) is 3. The number of nitrogens with one attached hydrogen (secondary N) is 1. The van der Waals surface area contributed by atoms with Gasteiger partial charge in [-0.1, -0.05) is 12.2 Å². The fourth-order valence-electron chi connectivity index (χ4n) is 1.98. The molecule has 0 aromatic carbocycles. The Kier molecular flexibility index (Phi) is 5.66. The molecule has 1 N–H and O–H groups in total. The van der Waals surface area contributed by atoms with Gasteiger partial charge in [-0.2, -0.15) is 0 Å².